The minimum absolute atomic E-state index is 0.173. The maximum atomic E-state index is 8.26. The molecule has 2 aromatic carbocycles. The van der Waals surface area contributed by atoms with Crippen LogP contribution in [0.3, 0.4) is 0 Å². The van der Waals surface area contributed by atoms with E-state index in [2.05, 4.69) is 20.2 Å². The number of piperidine rings is 2. The normalized spacial score (nSPS) is 15.9. The number of rotatable bonds is 5. The summed E-state index contributed by atoms with van der Waals surface area (Å²) in [6.45, 7) is 9.21. The Hall–Kier alpha value is -3.49. The zero-order valence-corrected chi connectivity index (χ0v) is 22.1. The van der Waals surface area contributed by atoms with Gasteiger partial charge < -0.3 is 26.4 Å². The van der Waals surface area contributed by atoms with Crippen molar-refractivity contribution in [3.8, 4) is 11.5 Å². The topological polar surface area (TPSA) is 126 Å². The second-order valence-corrected chi connectivity index (χ2v) is 8.91. The lowest BCUT2D eigenvalue weighted by atomic mass is 10.0. The van der Waals surface area contributed by atoms with E-state index in [-0.39, 0.29) is 17.3 Å². The number of ether oxygens (including phenoxy) is 1. The lowest BCUT2D eigenvalue weighted by Crippen LogP contribution is -2.45. The Morgan fingerprint density at radius 2 is 1.43 bits per heavy atom. The number of hydrogen-bond donors (Lipinski definition) is 4. The van der Waals surface area contributed by atoms with E-state index >= 15 is 0 Å². The first kappa shape index (κ1) is 28.1. The summed E-state index contributed by atoms with van der Waals surface area (Å²) in [6, 6.07) is 17.5. The van der Waals surface area contributed by atoms with Crippen molar-refractivity contribution in [3.05, 3.63) is 72.1 Å². The number of likely N-dealkylation sites (tertiary alicyclic amines) is 1. The number of para-hydroxylation sites is 1. The second kappa shape index (κ2) is 14.9. The van der Waals surface area contributed by atoms with Crippen LogP contribution >= 0.6 is 0 Å². The third-order valence-corrected chi connectivity index (χ3v) is 6.49. The molecule has 0 saturated carbocycles. The molecule has 2 fully saturated rings. The predicted molar refractivity (Wildman–Crippen MR) is 152 cm³/mol. The smallest absolute Gasteiger partial charge is 0.138 e. The number of nitrogens with zero attached hydrogens (tertiary/aromatic N) is 3. The molecule has 0 aliphatic carbocycles. The molecular weight excluding hydrogens is 462 g/mol. The van der Waals surface area contributed by atoms with Crippen molar-refractivity contribution in [1.29, 1.82) is 5.41 Å². The molecule has 2 aliphatic rings. The van der Waals surface area contributed by atoms with Gasteiger partial charge in [-0.05, 0) is 88.3 Å². The fraction of sp³-hybridized carbons (Fsp3) is 0.414. The Morgan fingerprint density at radius 3 is 2.03 bits per heavy atom. The summed E-state index contributed by atoms with van der Waals surface area (Å²) < 4.78 is 5.72. The van der Waals surface area contributed by atoms with Crippen LogP contribution in [0.1, 0.15) is 57.1 Å². The van der Waals surface area contributed by atoms with Crippen LogP contribution in [0.2, 0.25) is 0 Å². The highest BCUT2D eigenvalue weighted by Crippen LogP contribution is 2.24. The van der Waals surface area contributed by atoms with E-state index < -0.39 is 0 Å². The van der Waals surface area contributed by atoms with Gasteiger partial charge in [0.25, 0.3) is 0 Å². The standard InChI is InChI=1S/C17H15N5O.C10H20N2.C2H6/c18-15(14-16(19)21-10-22-17(14)20)11-6-8-13(9-7-11)23-12-4-2-1-3-5-12;1-2-8-12(9-3-1)10-4-6-11-7-5-10;1-2/h1-10,18H,(H4,19,20,21,22);10-11H,1-9H2;1-2H3. The molecule has 3 aromatic rings. The summed E-state index contributed by atoms with van der Waals surface area (Å²) in [4.78, 5) is 10.5. The zero-order valence-electron chi connectivity index (χ0n) is 22.1. The van der Waals surface area contributed by atoms with Gasteiger partial charge in [0.05, 0.1) is 11.3 Å². The summed E-state index contributed by atoms with van der Waals surface area (Å²) in [5, 5.41) is 11.7. The molecule has 2 saturated heterocycles. The maximum absolute atomic E-state index is 8.26. The third-order valence-electron chi connectivity index (χ3n) is 6.49. The number of hydrogen-bond acceptors (Lipinski definition) is 8. The number of nitrogen functional groups attached to an aromatic ring is 2. The van der Waals surface area contributed by atoms with E-state index in [0.29, 0.717) is 16.9 Å². The van der Waals surface area contributed by atoms with Crippen LogP contribution in [0.5, 0.6) is 11.5 Å². The number of aromatic nitrogens is 2. The van der Waals surface area contributed by atoms with Gasteiger partial charge >= 0.3 is 0 Å². The molecule has 198 valence electrons. The fourth-order valence-electron chi connectivity index (χ4n) is 4.58. The highest BCUT2D eigenvalue weighted by molar-refractivity contribution is 6.15. The summed E-state index contributed by atoms with van der Waals surface area (Å²) in [5.74, 6) is 1.80. The maximum Gasteiger partial charge on any atom is 0.138 e. The van der Waals surface area contributed by atoms with Gasteiger partial charge in [-0.1, -0.05) is 38.5 Å². The molecule has 37 heavy (non-hydrogen) atoms. The van der Waals surface area contributed by atoms with Gasteiger partial charge in [0.15, 0.2) is 0 Å². The summed E-state index contributed by atoms with van der Waals surface area (Å²) in [5.41, 5.74) is 12.8. The van der Waals surface area contributed by atoms with Crippen molar-refractivity contribution in [2.75, 3.05) is 37.6 Å². The summed E-state index contributed by atoms with van der Waals surface area (Å²) in [7, 11) is 0. The monoisotopic (exact) mass is 503 g/mol. The minimum Gasteiger partial charge on any atom is -0.457 e. The Morgan fingerprint density at radius 1 is 0.865 bits per heavy atom. The molecule has 0 atom stereocenters. The van der Waals surface area contributed by atoms with E-state index in [1.54, 1.807) is 24.3 Å². The van der Waals surface area contributed by atoms with Gasteiger partial charge in [-0.25, -0.2) is 9.97 Å². The number of nitrogens with two attached hydrogens (primary N) is 2. The Balaban J connectivity index is 0.000000228. The Kier molecular flexibility index (Phi) is 11.3. The van der Waals surface area contributed by atoms with Crippen LogP contribution in [-0.4, -0.2) is 52.8 Å². The lowest BCUT2D eigenvalue weighted by Gasteiger charge is -2.36. The van der Waals surface area contributed by atoms with E-state index in [4.69, 9.17) is 21.6 Å². The van der Waals surface area contributed by atoms with Crippen molar-refractivity contribution in [2.24, 2.45) is 0 Å². The first-order valence-corrected chi connectivity index (χ1v) is 13.3. The Labute approximate surface area is 221 Å². The number of anilines is 2. The van der Waals surface area contributed by atoms with Gasteiger partial charge in [-0.15, -0.1) is 0 Å². The first-order valence-electron chi connectivity index (χ1n) is 13.3. The molecule has 1 aromatic heterocycles. The van der Waals surface area contributed by atoms with Crippen LogP contribution in [0.15, 0.2) is 60.9 Å². The van der Waals surface area contributed by atoms with E-state index in [9.17, 15) is 0 Å². The third kappa shape index (κ3) is 8.27. The molecular formula is C29H41N7O. The lowest BCUT2D eigenvalue weighted by molar-refractivity contribution is 0.136. The van der Waals surface area contributed by atoms with Crippen molar-refractivity contribution in [1.82, 2.24) is 20.2 Å². The molecule has 5 rings (SSSR count). The molecule has 0 amide bonds. The van der Waals surface area contributed by atoms with Crippen LogP contribution in [0.4, 0.5) is 11.6 Å². The second-order valence-electron chi connectivity index (χ2n) is 8.91. The number of benzene rings is 2. The van der Waals surface area contributed by atoms with Crippen LogP contribution in [-0.2, 0) is 0 Å². The van der Waals surface area contributed by atoms with Crippen LogP contribution < -0.4 is 21.5 Å². The van der Waals surface area contributed by atoms with E-state index in [0.717, 1.165) is 11.8 Å². The van der Waals surface area contributed by atoms with Gasteiger partial charge in [-0.2, -0.15) is 0 Å². The molecule has 8 nitrogen and oxygen atoms in total. The van der Waals surface area contributed by atoms with E-state index in [1.807, 2.05) is 44.2 Å². The quantitative estimate of drug-likeness (QED) is 0.357. The molecule has 0 bridgehead atoms. The molecule has 0 unspecified atom stereocenters. The molecule has 2 aliphatic heterocycles. The van der Waals surface area contributed by atoms with Crippen molar-refractivity contribution in [3.63, 3.8) is 0 Å². The highest BCUT2D eigenvalue weighted by atomic mass is 16.5. The SMILES string of the molecule is C1CCN(C2CCNCC2)CC1.CC.N=C(c1ccc(Oc2ccccc2)cc1)c1c(N)ncnc1N. The van der Waals surface area contributed by atoms with Gasteiger partial charge in [-0.3, -0.25) is 5.41 Å². The molecule has 0 radical (unpaired) electrons. The average molecular weight is 504 g/mol. The first-order chi connectivity index (χ1) is 18.1. The average Bonchev–Trinajstić information content (AvgIpc) is 2.96. The Bertz CT molecular complexity index is 1040. The van der Waals surface area contributed by atoms with Gasteiger partial charge in [0.1, 0.15) is 29.5 Å². The fourth-order valence-corrected chi connectivity index (χ4v) is 4.58. The van der Waals surface area contributed by atoms with Crippen molar-refractivity contribution < 1.29 is 4.74 Å². The van der Waals surface area contributed by atoms with E-state index in [1.165, 1.54) is 64.6 Å². The molecule has 0 spiro atoms. The summed E-state index contributed by atoms with van der Waals surface area (Å²) in [6.07, 6.45) is 8.35. The van der Waals surface area contributed by atoms with Gasteiger partial charge in [0.2, 0.25) is 0 Å². The highest BCUT2D eigenvalue weighted by Gasteiger charge is 2.21. The predicted octanol–water partition coefficient (Wildman–Crippen LogP) is 5.10. The van der Waals surface area contributed by atoms with Crippen LogP contribution in [0, 0.1) is 5.41 Å². The zero-order chi connectivity index (χ0) is 26.5. The van der Waals surface area contributed by atoms with Crippen molar-refractivity contribution in [2.45, 2.75) is 52.0 Å². The number of nitrogens with one attached hydrogen (secondary N) is 2. The molecule has 6 N–H and O–H groups in total. The van der Waals surface area contributed by atoms with Crippen molar-refractivity contribution >= 4 is 17.3 Å². The molecule has 3 heterocycles. The largest absolute Gasteiger partial charge is 0.457 e. The minimum atomic E-state index is 0.173. The van der Waals surface area contributed by atoms with Crippen LogP contribution in [0.25, 0.3) is 0 Å². The van der Waals surface area contributed by atoms with Gasteiger partial charge in [0, 0.05) is 11.6 Å². The summed E-state index contributed by atoms with van der Waals surface area (Å²) >= 11 is 0. The molecule has 8 heteroatoms.